The summed E-state index contributed by atoms with van der Waals surface area (Å²) < 4.78 is 3.15. The SMILES string of the molecule is Cn1cnc(CCc2ccccc2Br)c1CN. The van der Waals surface area contributed by atoms with Crippen molar-refractivity contribution in [1.29, 1.82) is 0 Å². The number of imidazole rings is 1. The first-order chi connectivity index (χ1) is 8.22. The fourth-order valence-electron chi connectivity index (χ4n) is 1.93. The van der Waals surface area contributed by atoms with Gasteiger partial charge >= 0.3 is 0 Å². The molecule has 1 aromatic heterocycles. The minimum atomic E-state index is 0.543. The normalized spacial score (nSPS) is 10.8. The highest BCUT2D eigenvalue weighted by Crippen LogP contribution is 2.18. The van der Waals surface area contributed by atoms with Gasteiger partial charge < -0.3 is 10.3 Å². The molecule has 0 aliphatic heterocycles. The van der Waals surface area contributed by atoms with Crippen molar-refractivity contribution in [3.8, 4) is 0 Å². The molecule has 1 heterocycles. The van der Waals surface area contributed by atoms with E-state index in [2.05, 4.69) is 39.1 Å². The lowest BCUT2D eigenvalue weighted by Crippen LogP contribution is -2.06. The van der Waals surface area contributed by atoms with Gasteiger partial charge in [0, 0.05) is 18.1 Å². The van der Waals surface area contributed by atoms with Crippen molar-refractivity contribution < 1.29 is 0 Å². The van der Waals surface area contributed by atoms with Gasteiger partial charge in [0.05, 0.1) is 17.7 Å². The molecule has 0 radical (unpaired) electrons. The number of hydrogen-bond donors (Lipinski definition) is 1. The van der Waals surface area contributed by atoms with Crippen molar-refractivity contribution in [2.75, 3.05) is 0 Å². The molecule has 2 aromatic rings. The fraction of sp³-hybridized carbons (Fsp3) is 0.308. The molecule has 0 bridgehead atoms. The van der Waals surface area contributed by atoms with E-state index in [1.165, 1.54) is 5.56 Å². The monoisotopic (exact) mass is 293 g/mol. The summed E-state index contributed by atoms with van der Waals surface area (Å²) in [5.74, 6) is 0. The Kier molecular flexibility index (Phi) is 3.97. The summed E-state index contributed by atoms with van der Waals surface area (Å²) in [6, 6.07) is 8.29. The molecular weight excluding hydrogens is 278 g/mol. The summed E-state index contributed by atoms with van der Waals surface area (Å²) in [6.07, 6.45) is 3.74. The number of rotatable bonds is 4. The Morgan fingerprint density at radius 2 is 2.06 bits per heavy atom. The van der Waals surface area contributed by atoms with E-state index in [1.807, 2.05) is 24.0 Å². The molecule has 0 saturated heterocycles. The minimum Gasteiger partial charge on any atom is -0.336 e. The van der Waals surface area contributed by atoms with Gasteiger partial charge in [0.25, 0.3) is 0 Å². The van der Waals surface area contributed by atoms with Crippen molar-refractivity contribution in [2.45, 2.75) is 19.4 Å². The maximum atomic E-state index is 5.72. The van der Waals surface area contributed by atoms with Crippen LogP contribution in [0.3, 0.4) is 0 Å². The van der Waals surface area contributed by atoms with Gasteiger partial charge in [-0.1, -0.05) is 34.1 Å². The molecule has 2 N–H and O–H groups in total. The molecule has 0 saturated carbocycles. The van der Waals surface area contributed by atoms with Gasteiger partial charge in [-0.05, 0) is 24.5 Å². The Hall–Kier alpha value is -1.13. The van der Waals surface area contributed by atoms with E-state index in [1.54, 1.807) is 0 Å². The lowest BCUT2D eigenvalue weighted by atomic mass is 10.1. The van der Waals surface area contributed by atoms with Gasteiger partial charge in [-0.3, -0.25) is 0 Å². The predicted molar refractivity (Wildman–Crippen MR) is 72.6 cm³/mol. The van der Waals surface area contributed by atoms with Crippen LogP contribution in [0.5, 0.6) is 0 Å². The van der Waals surface area contributed by atoms with E-state index in [0.717, 1.165) is 28.7 Å². The summed E-state index contributed by atoms with van der Waals surface area (Å²) >= 11 is 3.56. The number of aryl methyl sites for hydroxylation is 3. The average Bonchev–Trinajstić information content (AvgIpc) is 2.69. The Morgan fingerprint density at radius 3 is 2.76 bits per heavy atom. The van der Waals surface area contributed by atoms with Crippen LogP contribution in [0.25, 0.3) is 0 Å². The highest BCUT2D eigenvalue weighted by molar-refractivity contribution is 9.10. The molecule has 0 aliphatic carbocycles. The van der Waals surface area contributed by atoms with Crippen LogP contribution in [0.1, 0.15) is 17.0 Å². The maximum absolute atomic E-state index is 5.72. The van der Waals surface area contributed by atoms with Crippen molar-refractivity contribution >= 4 is 15.9 Å². The third-order valence-corrected chi connectivity index (χ3v) is 3.70. The minimum absolute atomic E-state index is 0.543. The molecule has 0 aliphatic rings. The van der Waals surface area contributed by atoms with E-state index in [0.29, 0.717) is 6.54 Å². The van der Waals surface area contributed by atoms with Crippen LogP contribution in [-0.2, 0) is 26.4 Å². The van der Waals surface area contributed by atoms with Crippen LogP contribution in [0, 0.1) is 0 Å². The van der Waals surface area contributed by atoms with Crippen molar-refractivity contribution in [2.24, 2.45) is 12.8 Å². The number of nitrogens with zero attached hydrogens (tertiary/aromatic N) is 2. The van der Waals surface area contributed by atoms with Crippen LogP contribution in [0.4, 0.5) is 0 Å². The zero-order valence-corrected chi connectivity index (χ0v) is 11.4. The van der Waals surface area contributed by atoms with Crippen molar-refractivity contribution in [3.63, 3.8) is 0 Å². The highest BCUT2D eigenvalue weighted by Gasteiger charge is 2.08. The number of nitrogens with two attached hydrogens (primary N) is 1. The van der Waals surface area contributed by atoms with Gasteiger partial charge in [0.1, 0.15) is 0 Å². The molecule has 90 valence electrons. The molecular formula is C13H16BrN3. The summed E-state index contributed by atoms with van der Waals surface area (Å²) in [6.45, 7) is 0.543. The predicted octanol–water partition coefficient (Wildman–Crippen LogP) is 2.43. The van der Waals surface area contributed by atoms with E-state index in [9.17, 15) is 0 Å². The summed E-state index contributed by atoms with van der Waals surface area (Å²) in [4.78, 5) is 4.40. The molecule has 0 unspecified atom stereocenters. The first-order valence-electron chi connectivity index (χ1n) is 5.65. The van der Waals surface area contributed by atoms with Crippen LogP contribution < -0.4 is 5.73 Å². The quantitative estimate of drug-likeness (QED) is 0.941. The summed E-state index contributed by atoms with van der Waals surface area (Å²) in [5, 5.41) is 0. The summed E-state index contributed by atoms with van der Waals surface area (Å²) in [7, 11) is 1.98. The van der Waals surface area contributed by atoms with Crippen LogP contribution in [-0.4, -0.2) is 9.55 Å². The molecule has 3 nitrogen and oxygen atoms in total. The standard InChI is InChI=1S/C13H16BrN3/c1-17-9-16-12(13(17)8-15)7-6-10-4-2-3-5-11(10)14/h2-5,9H,6-8,15H2,1H3. The molecule has 1 aromatic carbocycles. The lowest BCUT2D eigenvalue weighted by Gasteiger charge is -2.05. The molecule has 0 spiro atoms. The van der Waals surface area contributed by atoms with Crippen molar-refractivity contribution in [3.05, 3.63) is 52.0 Å². The van der Waals surface area contributed by atoms with Gasteiger partial charge in [-0.15, -0.1) is 0 Å². The number of hydrogen-bond acceptors (Lipinski definition) is 2. The first kappa shape index (κ1) is 12.3. The Morgan fingerprint density at radius 1 is 1.29 bits per heavy atom. The zero-order valence-electron chi connectivity index (χ0n) is 9.86. The van der Waals surface area contributed by atoms with E-state index < -0.39 is 0 Å². The number of benzene rings is 1. The van der Waals surface area contributed by atoms with Crippen LogP contribution >= 0.6 is 15.9 Å². The van der Waals surface area contributed by atoms with Crippen molar-refractivity contribution in [1.82, 2.24) is 9.55 Å². The molecule has 17 heavy (non-hydrogen) atoms. The Balaban J connectivity index is 2.10. The van der Waals surface area contributed by atoms with E-state index in [4.69, 9.17) is 5.73 Å². The van der Waals surface area contributed by atoms with Gasteiger partial charge in [-0.2, -0.15) is 0 Å². The summed E-state index contributed by atoms with van der Waals surface area (Å²) in [5.41, 5.74) is 9.26. The van der Waals surface area contributed by atoms with E-state index in [-0.39, 0.29) is 0 Å². The van der Waals surface area contributed by atoms with E-state index >= 15 is 0 Å². The number of aromatic nitrogens is 2. The third-order valence-electron chi connectivity index (χ3n) is 2.93. The Labute approximate surface area is 110 Å². The molecule has 0 amide bonds. The fourth-order valence-corrected chi connectivity index (χ4v) is 2.41. The second-order valence-electron chi connectivity index (χ2n) is 4.04. The van der Waals surface area contributed by atoms with Gasteiger partial charge in [0.2, 0.25) is 0 Å². The second kappa shape index (κ2) is 5.47. The number of halogens is 1. The van der Waals surface area contributed by atoms with Crippen LogP contribution in [0.15, 0.2) is 35.1 Å². The van der Waals surface area contributed by atoms with Gasteiger partial charge in [0.15, 0.2) is 0 Å². The van der Waals surface area contributed by atoms with Gasteiger partial charge in [-0.25, -0.2) is 4.98 Å². The smallest absolute Gasteiger partial charge is 0.0949 e. The lowest BCUT2D eigenvalue weighted by molar-refractivity contribution is 0.801. The molecule has 2 rings (SSSR count). The second-order valence-corrected chi connectivity index (χ2v) is 4.90. The zero-order chi connectivity index (χ0) is 12.3. The highest BCUT2D eigenvalue weighted by atomic mass is 79.9. The topological polar surface area (TPSA) is 43.8 Å². The third kappa shape index (κ3) is 2.76. The molecule has 4 heteroatoms. The molecule has 0 fully saturated rings. The van der Waals surface area contributed by atoms with Crippen LogP contribution in [0.2, 0.25) is 0 Å². The Bertz CT molecular complexity index is 505. The largest absolute Gasteiger partial charge is 0.336 e. The molecule has 0 atom stereocenters. The average molecular weight is 294 g/mol. The first-order valence-corrected chi connectivity index (χ1v) is 6.44. The maximum Gasteiger partial charge on any atom is 0.0949 e.